The Morgan fingerprint density at radius 1 is 1.12 bits per heavy atom. The molecule has 1 saturated heterocycles. The predicted octanol–water partition coefficient (Wildman–Crippen LogP) is 3.23. The molecular weight excluding hydrogens is 334 g/mol. The second kappa shape index (κ2) is 8.87. The van der Waals surface area contributed by atoms with Crippen LogP contribution in [-0.2, 0) is 9.53 Å². The topological polar surface area (TPSA) is 92.6 Å². The Morgan fingerprint density at radius 2 is 1.88 bits per heavy atom. The Bertz CT molecular complexity index is 748. The lowest BCUT2D eigenvalue weighted by Gasteiger charge is -2.12. The van der Waals surface area contributed by atoms with Crippen LogP contribution in [0.4, 0.5) is 16.2 Å². The fourth-order valence-electron chi connectivity index (χ4n) is 2.55. The average molecular weight is 355 g/mol. The summed E-state index contributed by atoms with van der Waals surface area (Å²) in [4.78, 5) is 23.7. The molecule has 3 N–H and O–H groups in total. The van der Waals surface area contributed by atoms with E-state index < -0.39 is 0 Å². The van der Waals surface area contributed by atoms with Gasteiger partial charge in [-0.2, -0.15) is 0 Å². The van der Waals surface area contributed by atoms with E-state index in [2.05, 4.69) is 16.0 Å². The zero-order valence-corrected chi connectivity index (χ0v) is 14.2. The molecule has 0 saturated carbocycles. The van der Waals surface area contributed by atoms with Gasteiger partial charge in [-0.1, -0.05) is 0 Å². The lowest BCUT2D eigenvalue weighted by Crippen LogP contribution is -2.35. The highest BCUT2D eigenvalue weighted by Crippen LogP contribution is 2.14. The van der Waals surface area contributed by atoms with Gasteiger partial charge in [0, 0.05) is 30.6 Å². The monoisotopic (exact) mass is 355 g/mol. The Morgan fingerprint density at radius 3 is 2.54 bits per heavy atom. The molecule has 2 heterocycles. The summed E-state index contributed by atoms with van der Waals surface area (Å²) < 4.78 is 10.6. The summed E-state index contributed by atoms with van der Waals surface area (Å²) in [5.74, 6) is 0.338. The van der Waals surface area contributed by atoms with Gasteiger partial charge in [0.25, 0.3) is 0 Å². The van der Waals surface area contributed by atoms with Crippen LogP contribution in [-0.4, -0.2) is 31.2 Å². The molecule has 1 atom stereocenters. The van der Waals surface area contributed by atoms with Gasteiger partial charge in [-0.05, 0) is 55.3 Å². The third kappa shape index (κ3) is 5.49. The molecule has 1 aliphatic rings. The number of anilines is 2. The molecule has 136 valence electrons. The first-order valence-corrected chi connectivity index (χ1v) is 8.48. The maximum atomic E-state index is 11.9. The van der Waals surface area contributed by atoms with Gasteiger partial charge < -0.3 is 25.1 Å². The molecule has 0 spiro atoms. The lowest BCUT2D eigenvalue weighted by molar-refractivity contribution is -0.111. The van der Waals surface area contributed by atoms with Crippen LogP contribution in [0.25, 0.3) is 6.08 Å². The van der Waals surface area contributed by atoms with Crippen molar-refractivity contribution >= 4 is 29.4 Å². The normalized spacial score (nSPS) is 16.5. The maximum absolute atomic E-state index is 11.9. The van der Waals surface area contributed by atoms with Crippen molar-refractivity contribution < 1.29 is 18.7 Å². The minimum Gasteiger partial charge on any atom is -0.465 e. The van der Waals surface area contributed by atoms with Gasteiger partial charge in [-0.15, -0.1) is 0 Å². The van der Waals surface area contributed by atoms with Crippen LogP contribution in [0.1, 0.15) is 18.6 Å². The molecule has 2 aromatic rings. The van der Waals surface area contributed by atoms with Crippen LogP contribution in [0.2, 0.25) is 0 Å². The SMILES string of the molecule is O=C(/C=C/c1ccco1)Nc1ccc(NC(=O)NCC2CCCO2)cc1. The molecule has 1 fully saturated rings. The first-order valence-electron chi connectivity index (χ1n) is 8.48. The number of carbonyl (C=O) groups is 2. The molecule has 1 unspecified atom stereocenters. The summed E-state index contributed by atoms with van der Waals surface area (Å²) in [5, 5.41) is 8.27. The van der Waals surface area contributed by atoms with E-state index in [0.29, 0.717) is 23.7 Å². The van der Waals surface area contributed by atoms with Crippen LogP contribution >= 0.6 is 0 Å². The number of nitrogens with one attached hydrogen (secondary N) is 3. The first kappa shape index (κ1) is 17.8. The van der Waals surface area contributed by atoms with Gasteiger partial charge in [0.15, 0.2) is 0 Å². The molecule has 3 amide bonds. The van der Waals surface area contributed by atoms with Crippen LogP contribution < -0.4 is 16.0 Å². The largest absolute Gasteiger partial charge is 0.465 e. The molecule has 1 aromatic carbocycles. The van der Waals surface area contributed by atoms with E-state index in [4.69, 9.17) is 9.15 Å². The molecule has 7 nitrogen and oxygen atoms in total. The Hall–Kier alpha value is -3.06. The molecule has 1 aromatic heterocycles. The average Bonchev–Trinajstić information content (AvgIpc) is 3.34. The summed E-state index contributed by atoms with van der Waals surface area (Å²) >= 11 is 0. The molecular formula is C19H21N3O4. The highest BCUT2D eigenvalue weighted by atomic mass is 16.5. The number of benzene rings is 1. The lowest BCUT2D eigenvalue weighted by atomic mass is 10.2. The van der Waals surface area contributed by atoms with E-state index in [1.807, 2.05) is 0 Å². The summed E-state index contributed by atoms with van der Waals surface area (Å²) in [5.41, 5.74) is 1.27. The smallest absolute Gasteiger partial charge is 0.319 e. The molecule has 3 rings (SSSR count). The van der Waals surface area contributed by atoms with Gasteiger partial charge in [0.1, 0.15) is 5.76 Å². The van der Waals surface area contributed by atoms with Gasteiger partial charge in [-0.3, -0.25) is 4.79 Å². The van der Waals surface area contributed by atoms with E-state index in [1.165, 1.54) is 6.08 Å². The number of hydrogen-bond donors (Lipinski definition) is 3. The van der Waals surface area contributed by atoms with Crippen LogP contribution in [0.3, 0.4) is 0 Å². The molecule has 1 aliphatic heterocycles. The number of furan rings is 1. The number of rotatable bonds is 6. The summed E-state index contributed by atoms with van der Waals surface area (Å²) in [6, 6.07) is 10.1. The molecule has 7 heteroatoms. The molecule has 26 heavy (non-hydrogen) atoms. The van der Waals surface area contributed by atoms with E-state index in [1.54, 1.807) is 48.7 Å². The fraction of sp³-hybridized carbons (Fsp3) is 0.263. The van der Waals surface area contributed by atoms with Crippen molar-refractivity contribution in [3.05, 3.63) is 54.5 Å². The van der Waals surface area contributed by atoms with E-state index in [9.17, 15) is 9.59 Å². The van der Waals surface area contributed by atoms with Crippen molar-refractivity contribution in [3.63, 3.8) is 0 Å². The number of hydrogen-bond acceptors (Lipinski definition) is 4. The minimum absolute atomic E-state index is 0.104. The Kier molecular flexibility index (Phi) is 6.05. The van der Waals surface area contributed by atoms with Gasteiger partial charge in [0.2, 0.25) is 5.91 Å². The second-order valence-corrected chi connectivity index (χ2v) is 5.89. The zero-order chi connectivity index (χ0) is 18.2. The molecule has 0 aliphatic carbocycles. The van der Waals surface area contributed by atoms with Gasteiger partial charge in [0.05, 0.1) is 12.4 Å². The first-order chi connectivity index (χ1) is 12.7. The number of carbonyl (C=O) groups excluding carboxylic acids is 2. The highest BCUT2D eigenvalue weighted by Gasteiger charge is 2.16. The highest BCUT2D eigenvalue weighted by molar-refractivity contribution is 6.01. The van der Waals surface area contributed by atoms with Crippen molar-refractivity contribution in [2.24, 2.45) is 0 Å². The number of urea groups is 1. The van der Waals surface area contributed by atoms with Crippen LogP contribution in [0.5, 0.6) is 0 Å². The van der Waals surface area contributed by atoms with E-state index in [0.717, 1.165) is 19.4 Å². The van der Waals surface area contributed by atoms with Crippen molar-refractivity contribution in [1.82, 2.24) is 5.32 Å². The predicted molar refractivity (Wildman–Crippen MR) is 98.8 cm³/mol. The van der Waals surface area contributed by atoms with E-state index in [-0.39, 0.29) is 18.0 Å². The van der Waals surface area contributed by atoms with Crippen LogP contribution in [0.15, 0.2) is 53.2 Å². The molecule has 0 bridgehead atoms. The van der Waals surface area contributed by atoms with E-state index >= 15 is 0 Å². The van der Waals surface area contributed by atoms with Crippen molar-refractivity contribution in [2.75, 3.05) is 23.8 Å². The standard InChI is InChI=1S/C19H21N3O4/c23-18(10-9-16-3-1-11-25-16)21-14-5-7-15(8-6-14)22-19(24)20-13-17-4-2-12-26-17/h1,3,5-11,17H,2,4,12-13H2,(H,21,23)(H2,20,22,24)/b10-9+. The fourth-order valence-corrected chi connectivity index (χ4v) is 2.55. The summed E-state index contributed by atoms with van der Waals surface area (Å²) in [7, 11) is 0. The third-order valence-corrected chi connectivity index (χ3v) is 3.87. The minimum atomic E-state index is -0.279. The Balaban J connectivity index is 1.43. The second-order valence-electron chi connectivity index (χ2n) is 5.89. The van der Waals surface area contributed by atoms with Crippen molar-refractivity contribution in [1.29, 1.82) is 0 Å². The third-order valence-electron chi connectivity index (χ3n) is 3.87. The quantitative estimate of drug-likeness (QED) is 0.694. The number of ether oxygens (including phenoxy) is 1. The molecule has 0 radical (unpaired) electrons. The summed E-state index contributed by atoms with van der Waals surface area (Å²) in [6.07, 6.45) is 6.64. The van der Waals surface area contributed by atoms with Crippen LogP contribution in [0, 0.1) is 0 Å². The Labute approximate surface area is 151 Å². The van der Waals surface area contributed by atoms with Gasteiger partial charge >= 0.3 is 6.03 Å². The maximum Gasteiger partial charge on any atom is 0.319 e. The number of amides is 3. The van der Waals surface area contributed by atoms with Crippen molar-refractivity contribution in [3.8, 4) is 0 Å². The van der Waals surface area contributed by atoms with Crippen molar-refractivity contribution in [2.45, 2.75) is 18.9 Å². The summed E-state index contributed by atoms with van der Waals surface area (Å²) in [6.45, 7) is 1.26. The van der Waals surface area contributed by atoms with Gasteiger partial charge in [-0.25, -0.2) is 4.79 Å². The zero-order valence-electron chi connectivity index (χ0n) is 14.2.